The zero-order valence-electron chi connectivity index (χ0n) is 14.7. The molecule has 26 heavy (non-hydrogen) atoms. The molecule has 0 aliphatic heterocycles. The van der Waals surface area contributed by atoms with E-state index in [4.69, 9.17) is 32.7 Å². The van der Waals surface area contributed by atoms with Crippen LogP contribution in [-0.4, -0.2) is 19.6 Å². The maximum atomic E-state index is 12.4. The molecule has 138 valence electrons. The van der Waals surface area contributed by atoms with Gasteiger partial charge in [0.1, 0.15) is 0 Å². The Hall–Kier alpha value is -1.91. The normalized spacial score (nSPS) is 18.3. The van der Waals surface area contributed by atoms with Crippen molar-refractivity contribution < 1.29 is 14.3 Å². The zero-order chi connectivity index (χ0) is 18.7. The van der Waals surface area contributed by atoms with Crippen molar-refractivity contribution in [3.05, 3.63) is 57.6 Å². The summed E-state index contributed by atoms with van der Waals surface area (Å²) >= 11 is 12.5. The summed E-state index contributed by atoms with van der Waals surface area (Å²) in [6.07, 6.45) is 0.822. The van der Waals surface area contributed by atoms with E-state index in [9.17, 15) is 4.79 Å². The third kappa shape index (κ3) is 4.08. The maximum Gasteiger partial charge on any atom is 0.224 e. The molecule has 3 rings (SSSR count). The molecule has 0 saturated heterocycles. The number of nitrogens with one attached hydrogen (secondary N) is 1. The van der Waals surface area contributed by atoms with Crippen LogP contribution < -0.4 is 14.8 Å². The molecular formula is C20H21Cl2NO3. The van der Waals surface area contributed by atoms with Crippen LogP contribution in [0.25, 0.3) is 0 Å². The second kappa shape index (κ2) is 8.19. The van der Waals surface area contributed by atoms with Gasteiger partial charge in [0.05, 0.1) is 18.7 Å². The van der Waals surface area contributed by atoms with Crippen molar-refractivity contribution in [1.82, 2.24) is 5.32 Å². The van der Waals surface area contributed by atoms with Gasteiger partial charge < -0.3 is 14.8 Å². The monoisotopic (exact) mass is 393 g/mol. The molecule has 0 heterocycles. The molecule has 0 aromatic heterocycles. The summed E-state index contributed by atoms with van der Waals surface area (Å²) in [6, 6.07) is 11.3. The third-order valence-electron chi connectivity index (χ3n) is 4.48. The summed E-state index contributed by atoms with van der Waals surface area (Å²) in [4.78, 5) is 12.4. The molecule has 1 aliphatic rings. The number of halogens is 2. The smallest absolute Gasteiger partial charge is 0.224 e. The van der Waals surface area contributed by atoms with Crippen LogP contribution in [0.4, 0.5) is 0 Å². The molecule has 6 heteroatoms. The Kier molecular flexibility index (Phi) is 5.94. The highest BCUT2D eigenvalue weighted by molar-refractivity contribution is 6.32. The van der Waals surface area contributed by atoms with Crippen molar-refractivity contribution in [2.24, 2.45) is 5.92 Å². The van der Waals surface area contributed by atoms with Gasteiger partial charge in [-0.05, 0) is 48.6 Å². The molecule has 2 atom stereocenters. The van der Waals surface area contributed by atoms with E-state index in [1.54, 1.807) is 13.2 Å². The molecule has 0 radical (unpaired) electrons. The Morgan fingerprint density at radius 3 is 2.69 bits per heavy atom. The summed E-state index contributed by atoms with van der Waals surface area (Å²) in [5.41, 5.74) is 1.90. The first-order valence-electron chi connectivity index (χ1n) is 8.56. The largest absolute Gasteiger partial charge is 0.493 e. The number of methoxy groups -OCH3 is 1. The van der Waals surface area contributed by atoms with E-state index in [-0.39, 0.29) is 17.7 Å². The Morgan fingerprint density at radius 1 is 1.23 bits per heavy atom. The summed E-state index contributed by atoms with van der Waals surface area (Å²) < 4.78 is 10.8. The Bertz CT molecular complexity index is 810. The van der Waals surface area contributed by atoms with E-state index < -0.39 is 0 Å². The number of amides is 1. The van der Waals surface area contributed by atoms with Crippen molar-refractivity contribution >= 4 is 29.1 Å². The third-order valence-corrected chi connectivity index (χ3v) is 5.10. The van der Waals surface area contributed by atoms with E-state index >= 15 is 0 Å². The number of hydrogen-bond donors (Lipinski definition) is 1. The molecule has 0 bridgehead atoms. The Labute approximate surface area is 163 Å². The highest BCUT2D eigenvalue weighted by Gasteiger charge is 2.44. The molecule has 1 aliphatic carbocycles. The van der Waals surface area contributed by atoms with Gasteiger partial charge in [0, 0.05) is 17.5 Å². The molecule has 1 fully saturated rings. The Balaban J connectivity index is 1.62. The van der Waals surface area contributed by atoms with Crippen LogP contribution in [0.15, 0.2) is 36.4 Å². The molecule has 1 amide bonds. The van der Waals surface area contributed by atoms with Crippen molar-refractivity contribution in [2.75, 3.05) is 13.7 Å². The lowest BCUT2D eigenvalue weighted by molar-refractivity contribution is -0.122. The number of rotatable bonds is 7. The first kappa shape index (κ1) is 18.9. The molecule has 1 N–H and O–H groups in total. The molecular weight excluding hydrogens is 373 g/mol. The second-order valence-electron chi connectivity index (χ2n) is 6.23. The number of ether oxygens (including phenoxy) is 2. The molecule has 2 unspecified atom stereocenters. The highest BCUT2D eigenvalue weighted by Crippen LogP contribution is 2.49. The van der Waals surface area contributed by atoms with Crippen molar-refractivity contribution in [3.8, 4) is 11.5 Å². The lowest BCUT2D eigenvalue weighted by Gasteiger charge is -2.13. The molecule has 2 aromatic carbocycles. The minimum atomic E-state index is -0.0324. The number of hydrogen-bond acceptors (Lipinski definition) is 3. The number of benzene rings is 2. The predicted molar refractivity (Wildman–Crippen MR) is 103 cm³/mol. The second-order valence-corrected chi connectivity index (χ2v) is 7.04. The fraction of sp³-hybridized carbons (Fsp3) is 0.350. The topological polar surface area (TPSA) is 47.6 Å². The van der Waals surface area contributed by atoms with Gasteiger partial charge in [-0.25, -0.2) is 0 Å². The van der Waals surface area contributed by atoms with Crippen molar-refractivity contribution in [3.63, 3.8) is 0 Å². The van der Waals surface area contributed by atoms with Gasteiger partial charge >= 0.3 is 0 Å². The molecule has 0 spiro atoms. The van der Waals surface area contributed by atoms with E-state index in [1.165, 1.54) is 0 Å². The van der Waals surface area contributed by atoms with Gasteiger partial charge in [0.15, 0.2) is 11.5 Å². The van der Waals surface area contributed by atoms with Gasteiger partial charge in [-0.3, -0.25) is 4.79 Å². The van der Waals surface area contributed by atoms with Gasteiger partial charge in [0.2, 0.25) is 5.91 Å². The minimum Gasteiger partial charge on any atom is -0.493 e. The first-order valence-corrected chi connectivity index (χ1v) is 9.32. The van der Waals surface area contributed by atoms with Crippen molar-refractivity contribution in [2.45, 2.75) is 25.8 Å². The quantitative estimate of drug-likeness (QED) is 0.733. The van der Waals surface area contributed by atoms with Crippen LogP contribution in [0.1, 0.15) is 30.4 Å². The van der Waals surface area contributed by atoms with Crippen LogP contribution in [0.5, 0.6) is 11.5 Å². The average Bonchev–Trinajstić information content (AvgIpc) is 3.42. The van der Waals surface area contributed by atoms with Gasteiger partial charge in [-0.2, -0.15) is 0 Å². The SMILES string of the molecule is CCOc1c(Cl)cc(CNC(=O)C2CC2c2ccccc2Cl)cc1OC. The first-order chi connectivity index (χ1) is 12.5. The van der Waals surface area contributed by atoms with Crippen LogP contribution in [-0.2, 0) is 11.3 Å². The summed E-state index contributed by atoms with van der Waals surface area (Å²) in [5.74, 6) is 1.27. The summed E-state index contributed by atoms with van der Waals surface area (Å²) in [7, 11) is 1.56. The van der Waals surface area contributed by atoms with Crippen LogP contribution in [0.3, 0.4) is 0 Å². The van der Waals surface area contributed by atoms with Crippen molar-refractivity contribution in [1.29, 1.82) is 0 Å². The van der Waals surface area contributed by atoms with E-state index in [0.29, 0.717) is 29.7 Å². The van der Waals surface area contributed by atoms with Crippen LogP contribution >= 0.6 is 23.2 Å². The predicted octanol–water partition coefficient (Wildman–Crippen LogP) is 4.82. The molecule has 1 saturated carbocycles. The van der Waals surface area contributed by atoms with Gasteiger partial charge in [0.25, 0.3) is 0 Å². The summed E-state index contributed by atoms with van der Waals surface area (Å²) in [5, 5.41) is 4.16. The maximum absolute atomic E-state index is 12.4. The number of carbonyl (C=O) groups is 1. The average molecular weight is 394 g/mol. The lowest BCUT2D eigenvalue weighted by Crippen LogP contribution is -2.25. The lowest BCUT2D eigenvalue weighted by atomic mass is 10.1. The summed E-state index contributed by atoms with van der Waals surface area (Å²) in [6.45, 7) is 2.76. The highest BCUT2D eigenvalue weighted by atomic mass is 35.5. The van der Waals surface area contributed by atoms with Crippen LogP contribution in [0, 0.1) is 5.92 Å². The van der Waals surface area contributed by atoms with Crippen LogP contribution in [0.2, 0.25) is 10.0 Å². The Morgan fingerprint density at radius 2 is 2.00 bits per heavy atom. The van der Waals surface area contributed by atoms with E-state index in [2.05, 4.69) is 5.32 Å². The zero-order valence-corrected chi connectivity index (χ0v) is 16.2. The fourth-order valence-corrected chi connectivity index (χ4v) is 3.65. The number of carbonyl (C=O) groups excluding carboxylic acids is 1. The van der Waals surface area contributed by atoms with Gasteiger partial charge in [-0.1, -0.05) is 41.4 Å². The standard InChI is InChI=1S/C20H21Cl2NO3/c1-3-26-19-17(22)8-12(9-18(19)25-2)11-23-20(24)15-10-14(15)13-6-4-5-7-16(13)21/h4-9,14-15H,3,10-11H2,1-2H3,(H,23,24). The minimum absolute atomic E-state index is 0.0268. The van der Waals surface area contributed by atoms with E-state index in [0.717, 1.165) is 22.6 Å². The van der Waals surface area contributed by atoms with Gasteiger partial charge in [-0.15, -0.1) is 0 Å². The van der Waals surface area contributed by atoms with E-state index in [1.807, 2.05) is 37.3 Å². The molecule has 2 aromatic rings. The fourth-order valence-electron chi connectivity index (χ4n) is 3.08. The molecule has 4 nitrogen and oxygen atoms in total.